The summed E-state index contributed by atoms with van der Waals surface area (Å²) < 4.78 is 0. The minimum atomic E-state index is -1.49. The number of phenolic OH excluding ortho intramolecular Hbond substituents is 2. The molecule has 0 saturated heterocycles. The van der Waals surface area contributed by atoms with E-state index in [0.29, 0.717) is 28.7 Å². The number of phenols is 2. The highest BCUT2D eigenvalue weighted by Gasteiger charge is 2.34. The van der Waals surface area contributed by atoms with Crippen molar-refractivity contribution in [2.24, 2.45) is 0 Å². The molecule has 0 heterocycles. The molecule has 1 aliphatic rings. The number of aromatic hydroxyl groups is 2. The molecule has 1 aromatic rings. The van der Waals surface area contributed by atoms with E-state index in [-0.39, 0.29) is 29.9 Å². The molecule has 1 fully saturated rings. The second-order valence-corrected chi connectivity index (χ2v) is 6.57. The number of rotatable bonds is 5. The van der Waals surface area contributed by atoms with Gasteiger partial charge in [-0.2, -0.15) is 0 Å². The number of aliphatic hydroxyl groups is 1. The van der Waals surface area contributed by atoms with Gasteiger partial charge in [0.15, 0.2) is 0 Å². The molecule has 122 valence electrons. The first-order valence-corrected chi connectivity index (χ1v) is 7.69. The molecule has 0 bridgehead atoms. The van der Waals surface area contributed by atoms with Crippen LogP contribution >= 0.6 is 0 Å². The highest BCUT2D eigenvalue weighted by molar-refractivity contribution is 5.85. The molecule has 1 aromatic carbocycles. The largest absolute Gasteiger partial charge is 0.507 e. The molecule has 2 rings (SSSR count). The van der Waals surface area contributed by atoms with Crippen LogP contribution in [0.5, 0.6) is 11.5 Å². The summed E-state index contributed by atoms with van der Waals surface area (Å²) in [6.45, 7) is 6.71. The maximum Gasteiger partial charge on any atom is 0.251 e. The highest BCUT2D eigenvalue weighted by atomic mass is 16.3. The third-order valence-electron chi connectivity index (χ3n) is 4.63. The second-order valence-electron chi connectivity index (χ2n) is 6.57. The minimum Gasteiger partial charge on any atom is -0.507 e. The average Bonchev–Trinajstić information content (AvgIpc) is 3.26. The van der Waals surface area contributed by atoms with Crippen molar-refractivity contribution in [3.63, 3.8) is 0 Å². The van der Waals surface area contributed by atoms with Crippen molar-refractivity contribution >= 4 is 5.91 Å². The van der Waals surface area contributed by atoms with E-state index in [1.54, 1.807) is 20.8 Å². The number of amides is 1. The van der Waals surface area contributed by atoms with E-state index in [4.69, 9.17) is 0 Å². The van der Waals surface area contributed by atoms with Gasteiger partial charge >= 0.3 is 0 Å². The van der Waals surface area contributed by atoms with Gasteiger partial charge < -0.3 is 20.6 Å². The first kappa shape index (κ1) is 16.6. The standard InChI is InChI=1S/C17H25NO4/c1-9-10(2)15(20)13(11(3)14(9)19)7-8-17(4,22)16(21)18-12-5-6-12/h12,19-20,22H,5-8H2,1-4H3,(H,18,21). The Hall–Kier alpha value is -1.75. The molecule has 0 aromatic heterocycles. The zero-order valence-corrected chi connectivity index (χ0v) is 13.7. The fourth-order valence-electron chi connectivity index (χ4n) is 2.54. The first-order chi connectivity index (χ1) is 10.1. The fourth-order valence-corrected chi connectivity index (χ4v) is 2.54. The molecule has 22 heavy (non-hydrogen) atoms. The fraction of sp³-hybridized carbons (Fsp3) is 0.588. The lowest BCUT2D eigenvalue weighted by Gasteiger charge is -2.23. The number of hydrogen-bond acceptors (Lipinski definition) is 4. The number of benzene rings is 1. The lowest BCUT2D eigenvalue weighted by atomic mass is 9.90. The van der Waals surface area contributed by atoms with Crippen LogP contribution in [0.2, 0.25) is 0 Å². The monoisotopic (exact) mass is 307 g/mol. The molecule has 1 unspecified atom stereocenters. The SMILES string of the molecule is Cc1c(C)c(O)c(CCC(C)(O)C(=O)NC2CC2)c(C)c1O. The molecule has 0 radical (unpaired) electrons. The van der Waals surface area contributed by atoms with Crippen molar-refractivity contribution in [2.75, 3.05) is 0 Å². The van der Waals surface area contributed by atoms with E-state index < -0.39 is 5.60 Å². The van der Waals surface area contributed by atoms with Gasteiger partial charge in [-0.3, -0.25) is 4.79 Å². The van der Waals surface area contributed by atoms with Crippen molar-refractivity contribution in [3.05, 3.63) is 22.3 Å². The van der Waals surface area contributed by atoms with Crippen LogP contribution in [-0.4, -0.2) is 32.9 Å². The van der Waals surface area contributed by atoms with Gasteiger partial charge in [0.05, 0.1) is 0 Å². The summed E-state index contributed by atoms with van der Waals surface area (Å²) >= 11 is 0. The van der Waals surface area contributed by atoms with Gasteiger partial charge in [0.25, 0.3) is 5.91 Å². The smallest absolute Gasteiger partial charge is 0.251 e. The lowest BCUT2D eigenvalue weighted by Crippen LogP contribution is -2.45. The predicted molar refractivity (Wildman–Crippen MR) is 84.1 cm³/mol. The third-order valence-corrected chi connectivity index (χ3v) is 4.63. The predicted octanol–water partition coefficient (Wildman–Crippen LogP) is 1.99. The summed E-state index contributed by atoms with van der Waals surface area (Å²) in [5, 5.41) is 33.5. The number of hydrogen-bond donors (Lipinski definition) is 4. The molecule has 1 aliphatic carbocycles. The van der Waals surface area contributed by atoms with E-state index in [0.717, 1.165) is 12.8 Å². The molecule has 1 saturated carbocycles. The van der Waals surface area contributed by atoms with Gasteiger partial charge in [-0.15, -0.1) is 0 Å². The molecule has 0 aliphatic heterocycles. The number of nitrogens with one attached hydrogen (secondary N) is 1. The average molecular weight is 307 g/mol. The van der Waals surface area contributed by atoms with Gasteiger partial charge in [-0.25, -0.2) is 0 Å². The Morgan fingerprint density at radius 2 is 1.68 bits per heavy atom. The van der Waals surface area contributed by atoms with Gasteiger partial charge in [0, 0.05) is 11.6 Å². The summed E-state index contributed by atoms with van der Waals surface area (Å²) in [6.07, 6.45) is 2.43. The van der Waals surface area contributed by atoms with Gasteiger partial charge in [0.2, 0.25) is 0 Å². The third kappa shape index (κ3) is 3.19. The Labute approximate surface area is 131 Å². The quantitative estimate of drug-likeness (QED) is 0.626. The molecule has 4 N–H and O–H groups in total. The van der Waals surface area contributed by atoms with Crippen LogP contribution in [0.3, 0.4) is 0 Å². The van der Waals surface area contributed by atoms with Crippen LogP contribution in [-0.2, 0) is 11.2 Å². The highest BCUT2D eigenvalue weighted by Crippen LogP contribution is 2.37. The maximum absolute atomic E-state index is 12.0. The van der Waals surface area contributed by atoms with Crippen molar-refractivity contribution in [3.8, 4) is 11.5 Å². The van der Waals surface area contributed by atoms with Crippen LogP contribution in [0.25, 0.3) is 0 Å². The molecule has 1 atom stereocenters. The Kier molecular flexibility index (Phi) is 4.38. The summed E-state index contributed by atoms with van der Waals surface area (Å²) in [6, 6.07) is 0.194. The Morgan fingerprint density at radius 1 is 1.14 bits per heavy atom. The Morgan fingerprint density at radius 3 is 2.23 bits per heavy atom. The Bertz CT molecular complexity index is 574. The normalized spacial score (nSPS) is 17.1. The molecule has 5 nitrogen and oxygen atoms in total. The summed E-state index contributed by atoms with van der Waals surface area (Å²) in [5.74, 6) is -0.0845. The van der Waals surface area contributed by atoms with Gasteiger partial charge in [0.1, 0.15) is 17.1 Å². The molecule has 5 heteroatoms. The minimum absolute atomic E-state index is 0.131. The molecule has 1 amide bonds. The van der Waals surface area contributed by atoms with Crippen molar-refractivity contribution in [1.29, 1.82) is 0 Å². The maximum atomic E-state index is 12.0. The van der Waals surface area contributed by atoms with Gasteiger partial charge in [-0.05, 0) is 70.1 Å². The van der Waals surface area contributed by atoms with Crippen LogP contribution in [0.15, 0.2) is 0 Å². The lowest BCUT2D eigenvalue weighted by molar-refractivity contribution is -0.138. The van der Waals surface area contributed by atoms with E-state index in [1.807, 2.05) is 0 Å². The summed E-state index contributed by atoms with van der Waals surface area (Å²) in [7, 11) is 0. The van der Waals surface area contributed by atoms with Crippen molar-refractivity contribution in [1.82, 2.24) is 5.32 Å². The van der Waals surface area contributed by atoms with Crippen LogP contribution < -0.4 is 5.32 Å². The number of carbonyl (C=O) groups is 1. The van der Waals surface area contributed by atoms with E-state index in [1.165, 1.54) is 6.92 Å². The molecular weight excluding hydrogens is 282 g/mol. The molecule has 0 spiro atoms. The Balaban J connectivity index is 2.15. The summed E-state index contributed by atoms with van der Waals surface area (Å²) in [5.41, 5.74) is 0.965. The van der Waals surface area contributed by atoms with E-state index in [2.05, 4.69) is 5.32 Å². The molecular formula is C17H25NO4. The summed E-state index contributed by atoms with van der Waals surface area (Å²) in [4.78, 5) is 12.0. The van der Waals surface area contributed by atoms with E-state index >= 15 is 0 Å². The van der Waals surface area contributed by atoms with Crippen molar-refractivity contribution in [2.45, 2.75) is 65.0 Å². The zero-order valence-electron chi connectivity index (χ0n) is 13.7. The van der Waals surface area contributed by atoms with E-state index in [9.17, 15) is 20.1 Å². The van der Waals surface area contributed by atoms with Crippen LogP contribution in [0.4, 0.5) is 0 Å². The van der Waals surface area contributed by atoms with Crippen LogP contribution in [0.1, 0.15) is 48.4 Å². The topological polar surface area (TPSA) is 89.8 Å². The zero-order chi connectivity index (χ0) is 16.7. The number of carbonyl (C=O) groups excluding carboxylic acids is 1. The van der Waals surface area contributed by atoms with Gasteiger partial charge in [-0.1, -0.05) is 0 Å². The van der Waals surface area contributed by atoms with Crippen LogP contribution in [0, 0.1) is 20.8 Å². The first-order valence-electron chi connectivity index (χ1n) is 7.69. The van der Waals surface area contributed by atoms with Crippen molar-refractivity contribution < 1.29 is 20.1 Å². The second kappa shape index (κ2) is 5.80.